The number of hydrogen-bond donors (Lipinski definition) is 1. The van der Waals surface area contributed by atoms with Crippen LogP contribution >= 0.6 is 22.9 Å². The Bertz CT molecular complexity index is 1300. The van der Waals surface area contributed by atoms with Crippen LogP contribution in [0.5, 0.6) is 0 Å². The fourth-order valence-corrected chi connectivity index (χ4v) is 5.55. The molecule has 3 aromatic rings. The van der Waals surface area contributed by atoms with Gasteiger partial charge in [0.2, 0.25) is 17.7 Å². The normalized spacial score (nSPS) is 15.3. The molecule has 2 aromatic heterocycles. The summed E-state index contributed by atoms with van der Waals surface area (Å²) in [5, 5.41) is 11.0. The number of nitrogens with zero attached hydrogens (tertiary/aromatic N) is 3. The highest BCUT2D eigenvalue weighted by atomic mass is 35.5. The molecule has 1 unspecified atom stereocenters. The Hall–Kier alpha value is -2.76. The van der Waals surface area contributed by atoms with E-state index in [1.165, 1.54) is 0 Å². The number of amides is 2. The molecule has 2 amide bonds. The van der Waals surface area contributed by atoms with E-state index in [4.69, 9.17) is 16.0 Å². The van der Waals surface area contributed by atoms with Crippen molar-refractivity contribution in [1.29, 1.82) is 0 Å². The number of carbonyl (C=O) groups is 2. The van der Waals surface area contributed by atoms with Crippen molar-refractivity contribution in [3.05, 3.63) is 51.5 Å². The van der Waals surface area contributed by atoms with Crippen molar-refractivity contribution in [2.45, 2.75) is 38.6 Å². The van der Waals surface area contributed by atoms with E-state index in [-0.39, 0.29) is 35.6 Å². The summed E-state index contributed by atoms with van der Waals surface area (Å²) in [4.78, 5) is 27.0. The molecular formula is C23H25ClN4O5S2. The molecule has 186 valence electrons. The summed E-state index contributed by atoms with van der Waals surface area (Å²) < 4.78 is 30.5. The van der Waals surface area contributed by atoms with Crippen molar-refractivity contribution in [2.24, 2.45) is 0 Å². The van der Waals surface area contributed by atoms with Crippen LogP contribution in [0.25, 0.3) is 11.5 Å². The van der Waals surface area contributed by atoms with Crippen LogP contribution in [0.2, 0.25) is 4.34 Å². The third-order valence-electron chi connectivity index (χ3n) is 5.75. The van der Waals surface area contributed by atoms with E-state index in [2.05, 4.69) is 15.5 Å². The Morgan fingerprint density at radius 3 is 2.63 bits per heavy atom. The molecule has 0 saturated carbocycles. The number of carbonyl (C=O) groups excluding carboxylic acids is 2. The number of benzene rings is 1. The van der Waals surface area contributed by atoms with Crippen molar-refractivity contribution < 1.29 is 22.4 Å². The molecule has 0 spiro atoms. The van der Waals surface area contributed by atoms with Crippen molar-refractivity contribution in [2.75, 3.05) is 23.0 Å². The zero-order valence-electron chi connectivity index (χ0n) is 19.1. The molecule has 1 atom stereocenters. The Labute approximate surface area is 212 Å². The first-order valence-corrected chi connectivity index (χ1v) is 14.3. The zero-order chi connectivity index (χ0) is 25.0. The van der Waals surface area contributed by atoms with E-state index in [1.807, 2.05) is 12.1 Å². The van der Waals surface area contributed by atoms with Crippen LogP contribution in [0.4, 0.5) is 5.69 Å². The van der Waals surface area contributed by atoms with Crippen LogP contribution in [0, 0.1) is 0 Å². The molecule has 1 fully saturated rings. The van der Waals surface area contributed by atoms with Gasteiger partial charge >= 0.3 is 0 Å². The highest BCUT2D eigenvalue weighted by Gasteiger charge is 2.25. The fraction of sp³-hybridized carbons (Fsp3) is 0.391. The molecule has 35 heavy (non-hydrogen) atoms. The maximum absolute atomic E-state index is 12.7. The van der Waals surface area contributed by atoms with Crippen molar-refractivity contribution >= 4 is 50.3 Å². The average Bonchev–Trinajstić information content (AvgIpc) is 3.52. The van der Waals surface area contributed by atoms with Crippen LogP contribution in [-0.4, -0.2) is 48.5 Å². The molecule has 1 aromatic carbocycles. The van der Waals surface area contributed by atoms with Gasteiger partial charge in [-0.25, -0.2) is 8.42 Å². The van der Waals surface area contributed by atoms with Crippen LogP contribution in [0.15, 0.2) is 40.8 Å². The van der Waals surface area contributed by atoms with Gasteiger partial charge < -0.3 is 14.6 Å². The summed E-state index contributed by atoms with van der Waals surface area (Å²) in [6.07, 6.45) is 2.51. The van der Waals surface area contributed by atoms with Gasteiger partial charge in [0.25, 0.3) is 5.91 Å². The number of aromatic nitrogens is 2. The molecule has 9 nitrogen and oxygen atoms in total. The number of thiophene rings is 1. The Morgan fingerprint density at radius 2 is 1.97 bits per heavy atom. The highest BCUT2D eigenvalue weighted by molar-refractivity contribution is 7.91. The van der Waals surface area contributed by atoms with Gasteiger partial charge in [-0.1, -0.05) is 18.5 Å². The number of anilines is 1. The van der Waals surface area contributed by atoms with Crippen molar-refractivity contribution in [3.8, 4) is 11.5 Å². The topological polar surface area (TPSA) is 122 Å². The van der Waals surface area contributed by atoms with E-state index in [0.717, 1.165) is 29.9 Å². The predicted octanol–water partition coefficient (Wildman–Crippen LogP) is 4.26. The lowest BCUT2D eigenvalue weighted by atomic mass is 10.1. The van der Waals surface area contributed by atoms with E-state index in [0.29, 0.717) is 27.7 Å². The second kappa shape index (κ2) is 10.9. The summed E-state index contributed by atoms with van der Waals surface area (Å²) >= 11 is 7.05. The second-order valence-electron chi connectivity index (χ2n) is 8.15. The lowest BCUT2D eigenvalue weighted by Crippen LogP contribution is -2.35. The maximum Gasteiger partial charge on any atom is 0.262 e. The van der Waals surface area contributed by atoms with E-state index < -0.39 is 21.8 Å². The van der Waals surface area contributed by atoms with Crippen LogP contribution in [0.1, 0.15) is 54.2 Å². The fourth-order valence-electron chi connectivity index (χ4n) is 3.72. The van der Waals surface area contributed by atoms with Gasteiger partial charge in [0.15, 0.2) is 0 Å². The smallest absolute Gasteiger partial charge is 0.262 e. The minimum absolute atomic E-state index is 0.00481. The van der Waals surface area contributed by atoms with Gasteiger partial charge in [0.1, 0.15) is 15.9 Å². The molecule has 4 rings (SSSR count). The second-order valence-corrected chi connectivity index (χ2v) is 12.3. The van der Waals surface area contributed by atoms with E-state index >= 15 is 0 Å². The van der Waals surface area contributed by atoms with Crippen LogP contribution in [-0.2, 0) is 14.6 Å². The Kier molecular flexibility index (Phi) is 7.88. The Morgan fingerprint density at radius 1 is 1.20 bits per heavy atom. The van der Waals surface area contributed by atoms with Crippen molar-refractivity contribution in [3.63, 3.8) is 0 Å². The summed E-state index contributed by atoms with van der Waals surface area (Å²) in [5.74, 6) is -0.107. The SMILES string of the molecule is CCS(=O)(=O)CCC(NC(=O)c1ccc(Cl)s1)c1nnc(-c2ccc(N3CCCCC3=O)cc2)o1. The average molecular weight is 537 g/mol. The standard InChI is InChI=1S/C23H25ClN4O5S2/c1-2-35(31,32)14-12-17(25-21(30)18-10-11-19(24)34-18)23-27-26-22(33-23)15-6-8-16(9-7-15)28-13-4-3-5-20(28)29/h6-11,17H,2-5,12-14H2,1H3,(H,25,30). The molecule has 1 aliphatic heterocycles. The molecule has 1 saturated heterocycles. The quantitative estimate of drug-likeness (QED) is 0.433. The molecule has 1 N–H and O–H groups in total. The summed E-state index contributed by atoms with van der Waals surface area (Å²) in [6.45, 7) is 2.27. The van der Waals surface area contributed by atoms with Gasteiger partial charge in [0.05, 0.1) is 15.0 Å². The van der Waals surface area contributed by atoms with Gasteiger partial charge in [-0.2, -0.15) is 0 Å². The highest BCUT2D eigenvalue weighted by Crippen LogP contribution is 2.28. The molecule has 3 heterocycles. The van der Waals surface area contributed by atoms with Gasteiger partial charge in [-0.05, 0) is 55.7 Å². The number of halogens is 1. The minimum Gasteiger partial charge on any atom is -0.418 e. The lowest BCUT2D eigenvalue weighted by molar-refractivity contribution is -0.119. The lowest BCUT2D eigenvalue weighted by Gasteiger charge is -2.26. The van der Waals surface area contributed by atoms with Gasteiger partial charge in [0, 0.05) is 30.0 Å². The number of rotatable bonds is 9. The van der Waals surface area contributed by atoms with E-state index in [9.17, 15) is 18.0 Å². The summed E-state index contributed by atoms with van der Waals surface area (Å²) in [6, 6.07) is 9.65. The Balaban J connectivity index is 1.53. The largest absolute Gasteiger partial charge is 0.418 e. The first-order valence-electron chi connectivity index (χ1n) is 11.3. The monoisotopic (exact) mass is 536 g/mol. The first-order chi connectivity index (χ1) is 16.8. The first kappa shape index (κ1) is 25.3. The third kappa shape index (κ3) is 6.28. The number of nitrogens with one attached hydrogen (secondary N) is 1. The predicted molar refractivity (Wildman–Crippen MR) is 134 cm³/mol. The summed E-state index contributed by atoms with van der Waals surface area (Å²) in [7, 11) is -3.28. The minimum atomic E-state index is -3.28. The molecular weight excluding hydrogens is 512 g/mol. The van der Waals surface area contributed by atoms with Crippen molar-refractivity contribution in [1.82, 2.24) is 15.5 Å². The molecule has 0 radical (unpaired) electrons. The number of hydrogen-bond acceptors (Lipinski definition) is 8. The van der Waals surface area contributed by atoms with Gasteiger partial charge in [-0.3, -0.25) is 9.59 Å². The summed E-state index contributed by atoms with van der Waals surface area (Å²) in [5.41, 5.74) is 1.45. The third-order valence-corrected chi connectivity index (χ3v) is 8.72. The maximum atomic E-state index is 12.7. The van der Waals surface area contributed by atoms with Crippen LogP contribution < -0.4 is 10.2 Å². The zero-order valence-corrected chi connectivity index (χ0v) is 21.5. The molecule has 0 bridgehead atoms. The van der Waals surface area contributed by atoms with Crippen LogP contribution in [0.3, 0.4) is 0 Å². The molecule has 0 aliphatic carbocycles. The number of sulfone groups is 1. The molecule has 1 aliphatic rings. The molecule has 12 heteroatoms. The number of piperidine rings is 1. The van der Waals surface area contributed by atoms with Gasteiger partial charge in [-0.15, -0.1) is 21.5 Å². The van der Waals surface area contributed by atoms with E-state index in [1.54, 1.807) is 36.1 Å².